The monoisotopic (exact) mass is 252 g/mol. The van der Waals surface area contributed by atoms with Gasteiger partial charge in [0, 0.05) is 29.2 Å². The third kappa shape index (κ3) is 6.34. The molecule has 0 aliphatic heterocycles. The highest BCUT2D eigenvalue weighted by atomic mass is 32.2. The molecular formula is C13H20N2OS. The molecule has 0 fully saturated rings. The summed E-state index contributed by atoms with van der Waals surface area (Å²) in [7, 11) is 0. The maximum absolute atomic E-state index is 11.4. The second kappa shape index (κ2) is 7.35. The fourth-order valence-electron chi connectivity index (χ4n) is 1.40. The average molecular weight is 252 g/mol. The van der Waals surface area contributed by atoms with E-state index in [1.54, 1.807) is 11.8 Å². The average Bonchev–Trinajstić information content (AvgIpc) is 2.27. The van der Waals surface area contributed by atoms with Crippen LogP contribution < -0.4 is 11.1 Å². The van der Waals surface area contributed by atoms with Crippen LogP contribution in [0.5, 0.6) is 0 Å². The Kier molecular flexibility index (Phi) is 6.08. The topological polar surface area (TPSA) is 55.1 Å². The van der Waals surface area contributed by atoms with E-state index >= 15 is 0 Å². The van der Waals surface area contributed by atoms with E-state index in [2.05, 4.69) is 24.4 Å². The SMILES string of the molecule is CC(N)CC(=O)NCC(C)Sc1ccccc1. The molecule has 0 radical (unpaired) electrons. The first kappa shape index (κ1) is 14.1. The number of carbonyl (C=O) groups excluding carboxylic acids is 1. The molecule has 0 saturated carbocycles. The van der Waals surface area contributed by atoms with Gasteiger partial charge in [0.1, 0.15) is 0 Å². The number of hydrogen-bond donors (Lipinski definition) is 2. The van der Waals surface area contributed by atoms with Gasteiger partial charge in [-0.2, -0.15) is 0 Å². The van der Waals surface area contributed by atoms with Gasteiger partial charge >= 0.3 is 0 Å². The predicted octanol–water partition coefficient (Wildman–Crippen LogP) is 2.02. The highest BCUT2D eigenvalue weighted by Crippen LogP contribution is 2.21. The highest BCUT2D eigenvalue weighted by molar-refractivity contribution is 8.00. The summed E-state index contributed by atoms with van der Waals surface area (Å²) in [5.41, 5.74) is 5.56. The van der Waals surface area contributed by atoms with Gasteiger partial charge in [-0.05, 0) is 19.1 Å². The Morgan fingerprint density at radius 3 is 2.59 bits per heavy atom. The van der Waals surface area contributed by atoms with Gasteiger partial charge in [0.25, 0.3) is 0 Å². The molecular weight excluding hydrogens is 232 g/mol. The first-order valence-electron chi connectivity index (χ1n) is 5.82. The lowest BCUT2D eigenvalue weighted by atomic mass is 10.2. The van der Waals surface area contributed by atoms with Crippen LogP contribution in [-0.2, 0) is 4.79 Å². The highest BCUT2D eigenvalue weighted by Gasteiger charge is 2.08. The van der Waals surface area contributed by atoms with Crippen LogP contribution >= 0.6 is 11.8 Å². The third-order valence-electron chi connectivity index (χ3n) is 2.17. The molecule has 0 bridgehead atoms. The molecule has 2 unspecified atom stereocenters. The largest absolute Gasteiger partial charge is 0.355 e. The van der Waals surface area contributed by atoms with Crippen molar-refractivity contribution in [1.82, 2.24) is 5.32 Å². The first-order chi connectivity index (χ1) is 8.08. The predicted molar refractivity (Wildman–Crippen MR) is 73.0 cm³/mol. The molecule has 0 heterocycles. The van der Waals surface area contributed by atoms with E-state index in [1.165, 1.54) is 4.90 Å². The van der Waals surface area contributed by atoms with Crippen LogP contribution in [0, 0.1) is 0 Å². The molecule has 0 saturated heterocycles. The molecule has 3 nitrogen and oxygen atoms in total. The van der Waals surface area contributed by atoms with Gasteiger partial charge in [0.05, 0.1) is 0 Å². The fraction of sp³-hybridized carbons (Fsp3) is 0.462. The molecule has 0 spiro atoms. The minimum atomic E-state index is -0.0768. The van der Waals surface area contributed by atoms with Gasteiger partial charge in [-0.1, -0.05) is 25.1 Å². The summed E-state index contributed by atoms with van der Waals surface area (Å²) < 4.78 is 0. The molecule has 94 valence electrons. The number of hydrogen-bond acceptors (Lipinski definition) is 3. The molecule has 1 aromatic rings. The van der Waals surface area contributed by atoms with Crippen molar-refractivity contribution in [3.05, 3.63) is 30.3 Å². The zero-order valence-electron chi connectivity index (χ0n) is 10.3. The van der Waals surface area contributed by atoms with E-state index in [0.717, 1.165) is 0 Å². The lowest BCUT2D eigenvalue weighted by Gasteiger charge is -2.13. The Morgan fingerprint density at radius 2 is 2.00 bits per heavy atom. The van der Waals surface area contributed by atoms with E-state index in [0.29, 0.717) is 18.2 Å². The number of rotatable bonds is 6. The van der Waals surface area contributed by atoms with Crippen molar-refractivity contribution in [3.63, 3.8) is 0 Å². The van der Waals surface area contributed by atoms with Gasteiger partial charge in [0.2, 0.25) is 5.91 Å². The van der Waals surface area contributed by atoms with Crippen molar-refractivity contribution in [2.24, 2.45) is 5.73 Å². The van der Waals surface area contributed by atoms with Gasteiger partial charge < -0.3 is 11.1 Å². The Labute approximate surface area is 107 Å². The number of nitrogens with two attached hydrogens (primary N) is 1. The second-order valence-corrected chi connectivity index (χ2v) is 5.74. The van der Waals surface area contributed by atoms with E-state index < -0.39 is 0 Å². The normalized spacial score (nSPS) is 14.1. The summed E-state index contributed by atoms with van der Waals surface area (Å²) in [6.45, 7) is 4.61. The first-order valence-corrected chi connectivity index (χ1v) is 6.70. The van der Waals surface area contributed by atoms with Crippen molar-refractivity contribution in [3.8, 4) is 0 Å². The lowest BCUT2D eigenvalue weighted by molar-refractivity contribution is -0.121. The minimum Gasteiger partial charge on any atom is -0.355 e. The van der Waals surface area contributed by atoms with E-state index in [1.807, 2.05) is 25.1 Å². The molecule has 1 rings (SSSR count). The van der Waals surface area contributed by atoms with Crippen molar-refractivity contribution < 1.29 is 4.79 Å². The zero-order chi connectivity index (χ0) is 12.7. The van der Waals surface area contributed by atoms with Crippen LogP contribution in [-0.4, -0.2) is 23.7 Å². The van der Waals surface area contributed by atoms with Gasteiger partial charge in [-0.3, -0.25) is 4.79 Å². The summed E-state index contributed by atoms with van der Waals surface area (Å²) in [6.07, 6.45) is 0.392. The van der Waals surface area contributed by atoms with Crippen molar-refractivity contribution in [2.75, 3.05) is 6.54 Å². The smallest absolute Gasteiger partial charge is 0.221 e. The molecule has 1 aromatic carbocycles. The van der Waals surface area contributed by atoms with Crippen LogP contribution in [0.1, 0.15) is 20.3 Å². The van der Waals surface area contributed by atoms with E-state index in [4.69, 9.17) is 5.73 Å². The lowest BCUT2D eigenvalue weighted by Crippen LogP contribution is -2.33. The number of carbonyl (C=O) groups is 1. The molecule has 0 aliphatic carbocycles. The molecule has 4 heteroatoms. The molecule has 17 heavy (non-hydrogen) atoms. The van der Waals surface area contributed by atoms with Gasteiger partial charge in [-0.15, -0.1) is 11.8 Å². The Morgan fingerprint density at radius 1 is 1.35 bits per heavy atom. The van der Waals surface area contributed by atoms with Crippen molar-refractivity contribution >= 4 is 17.7 Å². The number of thioether (sulfide) groups is 1. The standard InChI is InChI=1S/C13H20N2OS/c1-10(14)8-13(16)15-9-11(2)17-12-6-4-3-5-7-12/h3-7,10-11H,8-9,14H2,1-2H3,(H,15,16). The van der Waals surface area contributed by atoms with Crippen LogP contribution in [0.2, 0.25) is 0 Å². The Hall–Kier alpha value is -1.00. The number of amides is 1. The number of nitrogens with one attached hydrogen (secondary N) is 1. The maximum atomic E-state index is 11.4. The van der Waals surface area contributed by atoms with Crippen molar-refractivity contribution in [2.45, 2.75) is 36.5 Å². The number of benzene rings is 1. The van der Waals surface area contributed by atoms with Gasteiger partial charge in [-0.25, -0.2) is 0 Å². The van der Waals surface area contributed by atoms with Crippen LogP contribution in [0.3, 0.4) is 0 Å². The summed E-state index contributed by atoms with van der Waals surface area (Å²) in [4.78, 5) is 12.6. The summed E-state index contributed by atoms with van der Waals surface area (Å²) in [5, 5.41) is 3.25. The molecule has 1 amide bonds. The Balaban J connectivity index is 2.26. The molecule has 0 aliphatic rings. The van der Waals surface area contributed by atoms with Crippen LogP contribution in [0.15, 0.2) is 35.2 Å². The molecule has 0 aromatic heterocycles. The summed E-state index contributed by atoms with van der Waals surface area (Å²) in [5.74, 6) is 0.0283. The minimum absolute atomic E-state index is 0.0283. The third-order valence-corrected chi connectivity index (χ3v) is 3.29. The summed E-state index contributed by atoms with van der Waals surface area (Å²) >= 11 is 1.76. The zero-order valence-corrected chi connectivity index (χ0v) is 11.2. The van der Waals surface area contributed by atoms with Crippen LogP contribution in [0.4, 0.5) is 0 Å². The fourth-order valence-corrected chi connectivity index (χ4v) is 2.34. The van der Waals surface area contributed by atoms with Crippen molar-refractivity contribution in [1.29, 1.82) is 0 Å². The second-order valence-electron chi connectivity index (χ2n) is 4.23. The quantitative estimate of drug-likeness (QED) is 0.762. The Bertz CT molecular complexity index is 341. The van der Waals surface area contributed by atoms with Gasteiger partial charge in [0.15, 0.2) is 0 Å². The summed E-state index contributed by atoms with van der Waals surface area (Å²) in [6, 6.07) is 10.1. The van der Waals surface area contributed by atoms with E-state index in [-0.39, 0.29) is 11.9 Å². The van der Waals surface area contributed by atoms with Crippen LogP contribution in [0.25, 0.3) is 0 Å². The maximum Gasteiger partial charge on any atom is 0.221 e. The van der Waals surface area contributed by atoms with E-state index in [9.17, 15) is 4.79 Å². The molecule has 2 atom stereocenters. The molecule has 3 N–H and O–H groups in total.